The zero-order valence-electron chi connectivity index (χ0n) is 35.8. The summed E-state index contributed by atoms with van der Waals surface area (Å²) in [4.78, 5) is 2.38. The third-order valence-electron chi connectivity index (χ3n) is 13.0. The number of fused-ring (bicyclic) bond motifs is 8. The highest BCUT2D eigenvalue weighted by Crippen LogP contribution is 2.44. The number of hydrogen-bond acceptors (Lipinski definition) is 3. The van der Waals surface area contributed by atoms with Crippen LogP contribution in [0.2, 0.25) is 0 Å². The van der Waals surface area contributed by atoms with Crippen molar-refractivity contribution in [2.75, 3.05) is 4.90 Å². The van der Waals surface area contributed by atoms with E-state index in [0.717, 1.165) is 61.5 Å². The number of benzene rings is 10. The van der Waals surface area contributed by atoms with Gasteiger partial charge >= 0.3 is 0 Å². The number of aromatic nitrogens is 1. The number of hydrogen-bond donors (Lipinski definition) is 0. The minimum Gasteiger partial charge on any atom is -0.439 e. The average Bonchev–Trinajstić information content (AvgIpc) is 4.06. The Morgan fingerprint density at radius 1 is 0.364 bits per heavy atom. The number of thiophene rings is 1. The van der Waals surface area contributed by atoms with Crippen LogP contribution in [0.5, 0.6) is 0 Å². The molecule has 10 aromatic carbocycles. The lowest BCUT2D eigenvalue weighted by atomic mass is 9.99. The van der Waals surface area contributed by atoms with Gasteiger partial charge in [-0.05, 0) is 111 Å². The van der Waals surface area contributed by atoms with Crippen LogP contribution >= 0.6 is 11.3 Å². The fourth-order valence-corrected chi connectivity index (χ4v) is 11.1. The van der Waals surface area contributed by atoms with Gasteiger partial charge < -0.3 is 9.32 Å². The van der Waals surface area contributed by atoms with Gasteiger partial charge in [0, 0.05) is 53.7 Å². The molecule has 0 aliphatic carbocycles. The average molecular weight is 861 g/mol. The van der Waals surface area contributed by atoms with Crippen LogP contribution in [0, 0.1) is 0 Å². The highest BCUT2D eigenvalue weighted by molar-refractivity contribution is 7.26. The summed E-state index contributed by atoms with van der Waals surface area (Å²) in [6.45, 7) is 0. The molecular formula is C62H40N2OS. The van der Waals surface area contributed by atoms with Crippen LogP contribution in [0.15, 0.2) is 247 Å². The molecule has 3 aromatic heterocycles. The van der Waals surface area contributed by atoms with Gasteiger partial charge in [0.15, 0.2) is 0 Å². The zero-order chi connectivity index (χ0) is 43.6. The SMILES string of the molecule is c1ccc(-c2ccc(-c3ccc(N(c4ccc(-c5ccc6c7c8ccccc8oc7n(-c7ccccc7)c6c5)cc4)c4cccc(-c5cccc6c5sc5ccccc56)c4)cc3)cc2)cc1. The van der Waals surface area contributed by atoms with Crippen molar-refractivity contribution in [1.29, 1.82) is 0 Å². The molecule has 3 heterocycles. The molecule has 0 aliphatic rings. The first-order chi connectivity index (χ1) is 32.7. The van der Waals surface area contributed by atoms with E-state index in [1.54, 1.807) is 0 Å². The maximum Gasteiger partial charge on any atom is 0.213 e. The fourth-order valence-electron chi connectivity index (χ4n) is 9.83. The molecule has 0 spiro atoms. The Labute approximate surface area is 386 Å². The van der Waals surface area contributed by atoms with Crippen LogP contribution in [0.1, 0.15) is 0 Å². The topological polar surface area (TPSA) is 21.3 Å². The smallest absolute Gasteiger partial charge is 0.213 e. The van der Waals surface area contributed by atoms with Gasteiger partial charge in [-0.2, -0.15) is 0 Å². The van der Waals surface area contributed by atoms with Crippen molar-refractivity contribution in [3.63, 3.8) is 0 Å². The Bertz CT molecular complexity index is 3900. The van der Waals surface area contributed by atoms with E-state index in [2.05, 4.69) is 246 Å². The standard InChI is InChI=1S/C62H40N2OS/c1-3-13-41(14-4-1)42-25-27-43(28-26-42)44-29-34-49(35-30-44)63(51-18-11-15-47(39-51)52-21-12-22-54-53-19-8-10-24-59(53)66-61(52)54)50-36-31-45(32-37-50)46-33-38-55-57(40-46)64(48-16-5-2-6-17-48)62-60(55)56-20-7-9-23-58(56)65-62/h1-40H. The summed E-state index contributed by atoms with van der Waals surface area (Å²) in [6, 6.07) is 87.5. The highest BCUT2D eigenvalue weighted by atomic mass is 32.1. The molecule has 0 aliphatic heterocycles. The van der Waals surface area contributed by atoms with Gasteiger partial charge in [-0.1, -0.05) is 176 Å². The van der Waals surface area contributed by atoms with E-state index in [-0.39, 0.29) is 0 Å². The van der Waals surface area contributed by atoms with Crippen molar-refractivity contribution in [1.82, 2.24) is 4.57 Å². The summed E-state index contributed by atoms with van der Waals surface area (Å²) in [5, 5.41) is 6.05. The van der Waals surface area contributed by atoms with Crippen molar-refractivity contribution in [3.05, 3.63) is 243 Å². The van der Waals surface area contributed by atoms with Crippen molar-refractivity contribution >= 4 is 81.5 Å². The van der Waals surface area contributed by atoms with Crippen LogP contribution in [-0.2, 0) is 0 Å². The van der Waals surface area contributed by atoms with Gasteiger partial charge in [-0.15, -0.1) is 11.3 Å². The van der Waals surface area contributed by atoms with Crippen LogP contribution in [0.25, 0.3) is 103 Å². The zero-order valence-corrected chi connectivity index (χ0v) is 36.6. The Kier molecular flexibility index (Phi) is 9.03. The van der Waals surface area contributed by atoms with E-state index in [1.165, 1.54) is 58.9 Å². The normalized spacial score (nSPS) is 11.6. The van der Waals surface area contributed by atoms with Crippen LogP contribution in [-0.4, -0.2) is 4.57 Å². The quantitative estimate of drug-likeness (QED) is 0.152. The van der Waals surface area contributed by atoms with Gasteiger partial charge in [0.05, 0.1) is 10.9 Å². The first kappa shape index (κ1) is 38.1. The number of rotatable bonds is 8. The van der Waals surface area contributed by atoms with E-state index in [4.69, 9.17) is 4.42 Å². The molecule has 0 amide bonds. The first-order valence-corrected chi connectivity index (χ1v) is 23.2. The molecule has 4 heteroatoms. The van der Waals surface area contributed by atoms with Crippen LogP contribution in [0.4, 0.5) is 17.1 Å². The minimum absolute atomic E-state index is 0.863. The second-order valence-electron chi connectivity index (χ2n) is 16.9. The van der Waals surface area contributed by atoms with Gasteiger partial charge in [-0.3, -0.25) is 4.57 Å². The summed E-state index contributed by atoms with van der Waals surface area (Å²) in [5.41, 5.74) is 16.7. The first-order valence-electron chi connectivity index (χ1n) is 22.4. The van der Waals surface area contributed by atoms with Crippen molar-refractivity contribution in [3.8, 4) is 50.2 Å². The van der Waals surface area contributed by atoms with Crippen LogP contribution in [0.3, 0.4) is 0 Å². The van der Waals surface area contributed by atoms with Crippen molar-refractivity contribution < 1.29 is 4.42 Å². The molecule has 13 aromatic rings. The molecule has 310 valence electrons. The largest absolute Gasteiger partial charge is 0.439 e. The molecule has 0 atom stereocenters. The molecule has 0 radical (unpaired) electrons. The third kappa shape index (κ3) is 6.42. The van der Waals surface area contributed by atoms with E-state index >= 15 is 0 Å². The van der Waals surface area contributed by atoms with Crippen molar-refractivity contribution in [2.24, 2.45) is 0 Å². The lowest BCUT2D eigenvalue weighted by Gasteiger charge is -2.26. The predicted molar refractivity (Wildman–Crippen MR) is 280 cm³/mol. The molecule has 0 saturated carbocycles. The van der Waals surface area contributed by atoms with E-state index in [9.17, 15) is 0 Å². The Balaban J connectivity index is 0.907. The Hall–Kier alpha value is -8.44. The van der Waals surface area contributed by atoms with E-state index in [1.807, 2.05) is 17.4 Å². The van der Waals surface area contributed by atoms with Gasteiger partial charge in [-0.25, -0.2) is 0 Å². The van der Waals surface area contributed by atoms with E-state index in [0.29, 0.717) is 0 Å². The predicted octanol–water partition coefficient (Wildman–Crippen LogP) is 18.0. The second-order valence-corrected chi connectivity index (χ2v) is 17.9. The lowest BCUT2D eigenvalue weighted by Crippen LogP contribution is -2.10. The van der Waals surface area contributed by atoms with Gasteiger partial charge in [0.2, 0.25) is 5.71 Å². The molecular weight excluding hydrogens is 821 g/mol. The summed E-state index contributed by atoms with van der Waals surface area (Å²) in [7, 11) is 0. The molecule has 0 unspecified atom stereocenters. The number of nitrogens with zero attached hydrogens (tertiary/aromatic N) is 2. The van der Waals surface area contributed by atoms with E-state index < -0.39 is 0 Å². The molecule has 0 saturated heterocycles. The third-order valence-corrected chi connectivity index (χ3v) is 14.3. The second kappa shape index (κ2) is 15.7. The highest BCUT2D eigenvalue weighted by Gasteiger charge is 2.21. The lowest BCUT2D eigenvalue weighted by molar-refractivity contribution is 0.645. The molecule has 66 heavy (non-hydrogen) atoms. The van der Waals surface area contributed by atoms with Crippen LogP contribution < -0.4 is 4.90 Å². The summed E-state index contributed by atoms with van der Waals surface area (Å²) >= 11 is 1.87. The number of para-hydroxylation sites is 2. The van der Waals surface area contributed by atoms with Gasteiger partial charge in [0.1, 0.15) is 5.58 Å². The Morgan fingerprint density at radius 2 is 0.909 bits per heavy atom. The molecule has 0 N–H and O–H groups in total. The Morgan fingerprint density at radius 3 is 1.64 bits per heavy atom. The number of furan rings is 1. The molecule has 0 bridgehead atoms. The van der Waals surface area contributed by atoms with Gasteiger partial charge in [0.25, 0.3) is 0 Å². The maximum atomic E-state index is 6.58. The summed E-state index contributed by atoms with van der Waals surface area (Å²) in [6.07, 6.45) is 0. The monoisotopic (exact) mass is 860 g/mol. The number of anilines is 3. The fraction of sp³-hybridized carbons (Fsp3) is 0. The van der Waals surface area contributed by atoms with Crippen molar-refractivity contribution in [2.45, 2.75) is 0 Å². The molecule has 13 rings (SSSR count). The molecule has 0 fully saturated rings. The molecule has 3 nitrogen and oxygen atoms in total. The summed E-state index contributed by atoms with van der Waals surface area (Å²) < 4.78 is 11.5. The maximum absolute atomic E-state index is 6.58. The summed E-state index contributed by atoms with van der Waals surface area (Å²) in [5.74, 6) is 0. The minimum atomic E-state index is 0.863.